The molecular formula is C15H17BO5. The quantitative estimate of drug-likeness (QED) is 0.583. The zero-order chi connectivity index (χ0) is 15.1. The molecule has 0 aliphatic heterocycles. The van der Waals surface area contributed by atoms with E-state index in [0.29, 0.717) is 24.4 Å². The molecule has 2 aromatic rings. The van der Waals surface area contributed by atoms with Gasteiger partial charge in [0.2, 0.25) is 0 Å². The zero-order valence-electron chi connectivity index (χ0n) is 11.7. The van der Waals surface area contributed by atoms with Crippen molar-refractivity contribution in [2.45, 2.75) is 0 Å². The van der Waals surface area contributed by atoms with E-state index < -0.39 is 7.12 Å². The van der Waals surface area contributed by atoms with Crippen LogP contribution in [0.1, 0.15) is 0 Å². The van der Waals surface area contributed by atoms with Crippen LogP contribution in [-0.4, -0.2) is 37.5 Å². The van der Waals surface area contributed by atoms with E-state index in [-0.39, 0.29) is 0 Å². The average Bonchev–Trinajstić information content (AvgIpc) is 2.52. The van der Waals surface area contributed by atoms with Crippen LogP contribution in [0, 0.1) is 0 Å². The van der Waals surface area contributed by atoms with Gasteiger partial charge in [-0.3, -0.25) is 0 Å². The topological polar surface area (TPSA) is 68.2 Å². The minimum atomic E-state index is -1.55. The molecule has 0 saturated carbocycles. The van der Waals surface area contributed by atoms with Crippen molar-refractivity contribution in [1.29, 1.82) is 0 Å². The van der Waals surface area contributed by atoms with E-state index >= 15 is 0 Å². The van der Waals surface area contributed by atoms with Crippen molar-refractivity contribution in [1.82, 2.24) is 0 Å². The summed E-state index contributed by atoms with van der Waals surface area (Å²) < 4.78 is 16.1. The van der Waals surface area contributed by atoms with E-state index in [2.05, 4.69) is 0 Å². The molecule has 5 nitrogen and oxygen atoms in total. The van der Waals surface area contributed by atoms with Gasteiger partial charge in [0.05, 0.1) is 7.11 Å². The first-order chi connectivity index (χ1) is 10.2. The highest BCUT2D eigenvalue weighted by molar-refractivity contribution is 6.59. The van der Waals surface area contributed by atoms with Gasteiger partial charge in [-0.2, -0.15) is 0 Å². The smallest absolute Gasteiger partial charge is 0.492 e. The number of benzene rings is 2. The third kappa shape index (κ3) is 4.41. The zero-order valence-corrected chi connectivity index (χ0v) is 11.7. The molecule has 0 aliphatic rings. The van der Waals surface area contributed by atoms with Gasteiger partial charge in [0.15, 0.2) is 0 Å². The van der Waals surface area contributed by atoms with Crippen LogP contribution in [0.25, 0.3) is 0 Å². The molecular weight excluding hydrogens is 271 g/mol. The predicted molar refractivity (Wildman–Crippen MR) is 80.3 cm³/mol. The summed E-state index contributed by atoms with van der Waals surface area (Å²) in [6, 6.07) is 14.0. The Morgan fingerprint density at radius 1 is 0.857 bits per heavy atom. The number of para-hydroxylation sites is 1. The van der Waals surface area contributed by atoms with Crippen molar-refractivity contribution in [2.24, 2.45) is 0 Å². The van der Waals surface area contributed by atoms with Gasteiger partial charge in [0.25, 0.3) is 0 Å². The van der Waals surface area contributed by atoms with Crippen LogP contribution in [0.5, 0.6) is 17.2 Å². The third-order valence-electron chi connectivity index (χ3n) is 2.87. The molecule has 0 heterocycles. The number of rotatable bonds is 7. The van der Waals surface area contributed by atoms with Crippen LogP contribution in [0.2, 0.25) is 0 Å². The van der Waals surface area contributed by atoms with Crippen LogP contribution in [0.4, 0.5) is 0 Å². The maximum atomic E-state index is 9.22. The van der Waals surface area contributed by atoms with Crippen molar-refractivity contribution in [3.05, 3.63) is 48.5 Å². The molecule has 0 amide bonds. The standard InChI is InChI=1S/C15H17BO5/c1-19-12-6-8-13(9-7-12)20-10-11-21-15-5-3-2-4-14(15)16(17)18/h2-9,17-18H,10-11H2,1H3. The molecule has 0 bridgehead atoms. The monoisotopic (exact) mass is 288 g/mol. The van der Waals surface area contributed by atoms with Crippen molar-refractivity contribution in [3.8, 4) is 17.2 Å². The summed E-state index contributed by atoms with van der Waals surface area (Å²) in [5.41, 5.74) is 0.335. The van der Waals surface area contributed by atoms with Crippen LogP contribution in [0.3, 0.4) is 0 Å². The Morgan fingerprint density at radius 2 is 1.48 bits per heavy atom. The molecule has 0 aliphatic carbocycles. The van der Waals surface area contributed by atoms with Crippen LogP contribution >= 0.6 is 0 Å². The van der Waals surface area contributed by atoms with Crippen LogP contribution in [0.15, 0.2) is 48.5 Å². The molecule has 0 spiro atoms. The molecule has 21 heavy (non-hydrogen) atoms. The lowest BCUT2D eigenvalue weighted by Gasteiger charge is -2.11. The Bertz CT molecular complexity index is 556. The molecule has 2 rings (SSSR count). The lowest BCUT2D eigenvalue weighted by Crippen LogP contribution is -2.31. The Labute approximate surface area is 123 Å². The second-order valence-corrected chi connectivity index (χ2v) is 4.28. The van der Waals surface area contributed by atoms with E-state index in [1.807, 2.05) is 24.3 Å². The van der Waals surface area contributed by atoms with Crippen LogP contribution < -0.4 is 19.7 Å². The lowest BCUT2D eigenvalue weighted by atomic mass is 9.79. The Morgan fingerprint density at radius 3 is 2.14 bits per heavy atom. The highest BCUT2D eigenvalue weighted by Crippen LogP contribution is 2.16. The second-order valence-electron chi connectivity index (χ2n) is 4.28. The number of ether oxygens (including phenoxy) is 3. The first kappa shape index (κ1) is 15.2. The van der Waals surface area contributed by atoms with Gasteiger partial charge in [-0.05, 0) is 30.3 Å². The van der Waals surface area contributed by atoms with E-state index in [0.717, 1.165) is 11.5 Å². The molecule has 2 aromatic carbocycles. The molecule has 2 N–H and O–H groups in total. The average molecular weight is 288 g/mol. The summed E-state index contributed by atoms with van der Waals surface area (Å²) in [4.78, 5) is 0. The first-order valence-corrected chi connectivity index (χ1v) is 6.55. The van der Waals surface area contributed by atoms with Gasteiger partial charge in [0, 0.05) is 5.46 Å². The van der Waals surface area contributed by atoms with Crippen molar-refractivity contribution in [3.63, 3.8) is 0 Å². The molecule has 110 valence electrons. The molecule has 0 radical (unpaired) electrons. The Balaban J connectivity index is 1.82. The third-order valence-corrected chi connectivity index (χ3v) is 2.87. The van der Waals surface area contributed by atoms with E-state index in [1.165, 1.54) is 0 Å². The first-order valence-electron chi connectivity index (χ1n) is 6.55. The second kappa shape index (κ2) is 7.57. The molecule has 0 fully saturated rings. The molecule has 0 atom stereocenters. The minimum absolute atomic E-state index is 0.301. The summed E-state index contributed by atoms with van der Waals surface area (Å²) in [6.07, 6.45) is 0. The summed E-state index contributed by atoms with van der Waals surface area (Å²) in [6.45, 7) is 0.651. The van der Waals surface area contributed by atoms with E-state index in [1.54, 1.807) is 31.4 Å². The SMILES string of the molecule is COc1ccc(OCCOc2ccccc2B(O)O)cc1. The van der Waals surface area contributed by atoms with E-state index in [4.69, 9.17) is 14.2 Å². The number of hydrogen-bond donors (Lipinski definition) is 2. The fraction of sp³-hybridized carbons (Fsp3) is 0.200. The maximum Gasteiger partial charge on any atom is 0.492 e. The molecule has 0 aromatic heterocycles. The lowest BCUT2D eigenvalue weighted by molar-refractivity contribution is 0.217. The fourth-order valence-corrected chi connectivity index (χ4v) is 1.81. The Kier molecular flexibility index (Phi) is 5.48. The minimum Gasteiger partial charge on any atom is -0.497 e. The van der Waals surface area contributed by atoms with Gasteiger partial charge in [-0.25, -0.2) is 0 Å². The normalized spacial score (nSPS) is 10.0. The summed E-state index contributed by atoms with van der Waals surface area (Å²) in [5, 5.41) is 18.4. The molecule has 0 unspecified atom stereocenters. The highest BCUT2D eigenvalue weighted by atomic mass is 16.5. The summed E-state index contributed by atoms with van der Waals surface area (Å²) in [7, 11) is 0.0557. The Hall–Kier alpha value is -2.18. The highest BCUT2D eigenvalue weighted by Gasteiger charge is 2.16. The van der Waals surface area contributed by atoms with Crippen molar-refractivity contribution in [2.75, 3.05) is 20.3 Å². The van der Waals surface area contributed by atoms with E-state index in [9.17, 15) is 10.0 Å². The number of hydrogen-bond acceptors (Lipinski definition) is 5. The number of methoxy groups -OCH3 is 1. The predicted octanol–water partition coefficient (Wildman–Crippen LogP) is 0.833. The van der Waals surface area contributed by atoms with Crippen molar-refractivity contribution < 1.29 is 24.3 Å². The molecule has 6 heteroatoms. The largest absolute Gasteiger partial charge is 0.497 e. The fourth-order valence-electron chi connectivity index (χ4n) is 1.81. The van der Waals surface area contributed by atoms with Gasteiger partial charge >= 0.3 is 7.12 Å². The van der Waals surface area contributed by atoms with Gasteiger partial charge in [0.1, 0.15) is 30.5 Å². The molecule has 0 saturated heterocycles. The van der Waals surface area contributed by atoms with Crippen LogP contribution in [-0.2, 0) is 0 Å². The van der Waals surface area contributed by atoms with Crippen molar-refractivity contribution >= 4 is 12.6 Å². The van der Waals surface area contributed by atoms with Gasteiger partial charge < -0.3 is 24.3 Å². The summed E-state index contributed by atoms with van der Waals surface area (Å²) >= 11 is 0. The maximum absolute atomic E-state index is 9.22. The summed E-state index contributed by atoms with van der Waals surface area (Å²) in [5.74, 6) is 1.92. The van der Waals surface area contributed by atoms with Gasteiger partial charge in [-0.1, -0.05) is 18.2 Å². The van der Waals surface area contributed by atoms with Gasteiger partial charge in [-0.15, -0.1) is 0 Å².